The first-order valence-corrected chi connectivity index (χ1v) is 3.62. The average Bonchev–Trinajstić information content (AvgIpc) is 2.00. The van der Waals surface area contributed by atoms with E-state index in [0.717, 1.165) is 6.42 Å². The zero-order valence-electron chi connectivity index (χ0n) is 6.44. The van der Waals surface area contributed by atoms with E-state index >= 15 is 0 Å². The number of nitrogens with one attached hydrogen (secondary N) is 1. The molecule has 0 atom stereocenters. The van der Waals surface area contributed by atoms with Gasteiger partial charge in [-0.25, -0.2) is 0 Å². The van der Waals surface area contributed by atoms with Crippen molar-refractivity contribution in [2.24, 2.45) is 0 Å². The minimum atomic E-state index is -0.420. The number of piperidine rings is 1. The van der Waals surface area contributed by atoms with Gasteiger partial charge < -0.3 is 5.32 Å². The summed E-state index contributed by atoms with van der Waals surface area (Å²) in [4.78, 5) is 20.7. The Morgan fingerprint density at radius 3 is 2.20 bits per heavy atom. The quantitative estimate of drug-likeness (QED) is 0.502. The molecule has 0 saturated carbocycles. The Kier molecular flexibility index (Phi) is 4.54. The fourth-order valence-electron chi connectivity index (χ4n) is 0.663. The highest BCUT2D eigenvalue weighted by Crippen LogP contribution is 1.94. The van der Waals surface area contributed by atoms with E-state index in [-0.39, 0.29) is 5.78 Å². The number of rotatable bonds is 0. The van der Waals surface area contributed by atoms with Crippen LogP contribution < -0.4 is 5.32 Å². The molecule has 10 heavy (non-hydrogen) atoms. The lowest BCUT2D eigenvalue weighted by Crippen LogP contribution is -2.36. The first kappa shape index (κ1) is 9.14. The fraction of sp³-hybridized carbons (Fsp3) is 0.714. The van der Waals surface area contributed by atoms with Crippen LogP contribution >= 0.6 is 0 Å². The highest BCUT2D eigenvalue weighted by atomic mass is 16.2. The number of hydrogen-bond acceptors (Lipinski definition) is 2. The maximum absolute atomic E-state index is 10.4. The van der Waals surface area contributed by atoms with Crippen molar-refractivity contribution >= 4 is 11.7 Å². The Labute approximate surface area is 60.8 Å². The van der Waals surface area contributed by atoms with Gasteiger partial charge in [-0.05, 0) is 6.42 Å². The van der Waals surface area contributed by atoms with Crippen LogP contribution in [0.4, 0.5) is 0 Å². The normalized spacial score (nSPS) is 17.0. The van der Waals surface area contributed by atoms with E-state index in [2.05, 4.69) is 5.32 Å². The SMILES string of the molecule is CC.O=C1CCCNC1=O. The Balaban J connectivity index is 0.000000371. The topological polar surface area (TPSA) is 46.2 Å². The summed E-state index contributed by atoms with van der Waals surface area (Å²) in [5.74, 6) is -0.701. The summed E-state index contributed by atoms with van der Waals surface area (Å²) in [6.45, 7) is 4.66. The summed E-state index contributed by atoms with van der Waals surface area (Å²) < 4.78 is 0. The summed E-state index contributed by atoms with van der Waals surface area (Å²) in [7, 11) is 0. The smallest absolute Gasteiger partial charge is 0.287 e. The Bertz CT molecular complexity index is 116. The van der Waals surface area contributed by atoms with Crippen LogP contribution in [0.1, 0.15) is 26.7 Å². The average molecular weight is 143 g/mol. The number of amides is 1. The molecule has 0 unspecified atom stereocenters. The number of carbonyl (C=O) groups excluding carboxylic acids is 2. The molecular weight excluding hydrogens is 130 g/mol. The summed E-state index contributed by atoms with van der Waals surface area (Å²) >= 11 is 0. The molecule has 1 N–H and O–H groups in total. The van der Waals surface area contributed by atoms with Gasteiger partial charge in [-0.15, -0.1) is 0 Å². The van der Waals surface area contributed by atoms with Gasteiger partial charge in [-0.1, -0.05) is 13.8 Å². The van der Waals surface area contributed by atoms with Crippen molar-refractivity contribution in [3.05, 3.63) is 0 Å². The van der Waals surface area contributed by atoms with E-state index < -0.39 is 5.91 Å². The van der Waals surface area contributed by atoms with Crippen LogP contribution in [0, 0.1) is 0 Å². The van der Waals surface area contributed by atoms with Gasteiger partial charge in [0.05, 0.1) is 0 Å². The Morgan fingerprint density at radius 2 is 1.90 bits per heavy atom. The number of carbonyl (C=O) groups is 2. The van der Waals surface area contributed by atoms with Crippen molar-refractivity contribution in [2.75, 3.05) is 6.54 Å². The van der Waals surface area contributed by atoms with Crippen molar-refractivity contribution in [3.8, 4) is 0 Å². The van der Waals surface area contributed by atoms with Crippen LogP contribution in [0.25, 0.3) is 0 Å². The molecule has 0 aromatic heterocycles. The lowest BCUT2D eigenvalue weighted by Gasteiger charge is -2.07. The van der Waals surface area contributed by atoms with E-state index in [0.29, 0.717) is 13.0 Å². The Hall–Kier alpha value is -0.860. The largest absolute Gasteiger partial charge is 0.349 e. The van der Waals surface area contributed by atoms with Crippen LogP contribution in [0.5, 0.6) is 0 Å². The zero-order valence-corrected chi connectivity index (χ0v) is 6.44. The molecular formula is C7H13NO2. The minimum Gasteiger partial charge on any atom is -0.349 e. The monoisotopic (exact) mass is 143 g/mol. The lowest BCUT2D eigenvalue weighted by molar-refractivity contribution is -0.139. The Morgan fingerprint density at radius 1 is 1.30 bits per heavy atom. The van der Waals surface area contributed by atoms with Crippen molar-refractivity contribution in [1.82, 2.24) is 5.32 Å². The number of Topliss-reactive ketones (excluding diaryl/α,β-unsaturated/α-hetero) is 1. The first-order valence-electron chi connectivity index (χ1n) is 3.62. The lowest BCUT2D eigenvalue weighted by atomic mass is 10.1. The predicted octanol–water partition coefficient (Wildman–Crippen LogP) is 0.492. The van der Waals surface area contributed by atoms with Crippen molar-refractivity contribution in [2.45, 2.75) is 26.7 Å². The maximum Gasteiger partial charge on any atom is 0.287 e. The third-order valence-corrected chi connectivity index (χ3v) is 1.12. The molecule has 0 aromatic carbocycles. The molecule has 1 aliphatic rings. The van der Waals surface area contributed by atoms with E-state index in [1.54, 1.807) is 0 Å². The molecule has 1 amide bonds. The second-order valence-corrected chi connectivity index (χ2v) is 1.78. The van der Waals surface area contributed by atoms with E-state index in [1.807, 2.05) is 13.8 Å². The molecule has 1 fully saturated rings. The van der Waals surface area contributed by atoms with Gasteiger partial charge in [0.25, 0.3) is 5.91 Å². The molecule has 1 rings (SSSR count). The molecule has 0 radical (unpaired) electrons. The van der Waals surface area contributed by atoms with Gasteiger partial charge in [0.15, 0.2) is 0 Å². The first-order chi connectivity index (χ1) is 4.80. The van der Waals surface area contributed by atoms with E-state index in [4.69, 9.17) is 0 Å². The van der Waals surface area contributed by atoms with Crippen LogP contribution in [0.15, 0.2) is 0 Å². The molecule has 0 aliphatic carbocycles. The molecule has 1 aliphatic heterocycles. The van der Waals surface area contributed by atoms with Crippen LogP contribution in [-0.2, 0) is 9.59 Å². The predicted molar refractivity (Wildman–Crippen MR) is 38.6 cm³/mol. The highest BCUT2D eigenvalue weighted by Gasteiger charge is 2.16. The van der Waals surface area contributed by atoms with Crippen molar-refractivity contribution < 1.29 is 9.59 Å². The van der Waals surface area contributed by atoms with E-state index in [9.17, 15) is 9.59 Å². The highest BCUT2D eigenvalue weighted by molar-refractivity contribution is 6.36. The molecule has 3 heteroatoms. The van der Waals surface area contributed by atoms with Crippen LogP contribution in [0.3, 0.4) is 0 Å². The van der Waals surface area contributed by atoms with Gasteiger partial charge >= 0.3 is 0 Å². The number of ketones is 1. The summed E-state index contributed by atoms with van der Waals surface area (Å²) in [5, 5.41) is 2.44. The maximum atomic E-state index is 10.4. The minimum absolute atomic E-state index is 0.281. The van der Waals surface area contributed by atoms with Gasteiger partial charge in [0.2, 0.25) is 5.78 Å². The van der Waals surface area contributed by atoms with Crippen LogP contribution in [0.2, 0.25) is 0 Å². The van der Waals surface area contributed by atoms with Gasteiger partial charge in [-0.3, -0.25) is 9.59 Å². The molecule has 1 heterocycles. The van der Waals surface area contributed by atoms with Crippen molar-refractivity contribution in [1.29, 1.82) is 0 Å². The standard InChI is InChI=1S/C5H7NO2.C2H6/c7-4-2-1-3-6-5(4)8;1-2/h1-3H2,(H,6,8);1-2H3. The molecule has 0 spiro atoms. The molecule has 0 bridgehead atoms. The van der Waals surface area contributed by atoms with Crippen molar-refractivity contribution in [3.63, 3.8) is 0 Å². The van der Waals surface area contributed by atoms with Gasteiger partial charge in [0.1, 0.15) is 0 Å². The summed E-state index contributed by atoms with van der Waals surface area (Å²) in [6, 6.07) is 0. The molecule has 58 valence electrons. The zero-order chi connectivity index (χ0) is 7.98. The van der Waals surface area contributed by atoms with Gasteiger partial charge in [-0.2, -0.15) is 0 Å². The van der Waals surface area contributed by atoms with E-state index in [1.165, 1.54) is 0 Å². The third kappa shape index (κ3) is 2.62. The number of hydrogen-bond donors (Lipinski definition) is 1. The third-order valence-electron chi connectivity index (χ3n) is 1.12. The van der Waals surface area contributed by atoms with Gasteiger partial charge in [0, 0.05) is 13.0 Å². The van der Waals surface area contributed by atoms with Crippen LogP contribution in [-0.4, -0.2) is 18.2 Å². The molecule has 1 saturated heterocycles. The summed E-state index contributed by atoms with van der Waals surface area (Å²) in [5.41, 5.74) is 0. The molecule has 0 aromatic rings. The fourth-order valence-corrected chi connectivity index (χ4v) is 0.663. The second-order valence-electron chi connectivity index (χ2n) is 1.78. The second kappa shape index (κ2) is 4.97. The molecule has 3 nitrogen and oxygen atoms in total. The summed E-state index contributed by atoms with van der Waals surface area (Å²) in [6.07, 6.45) is 1.22.